The lowest BCUT2D eigenvalue weighted by Crippen LogP contribution is -2.11. The summed E-state index contributed by atoms with van der Waals surface area (Å²) in [6.45, 7) is 0.641. The summed E-state index contributed by atoms with van der Waals surface area (Å²) in [4.78, 5) is 11.9. The summed E-state index contributed by atoms with van der Waals surface area (Å²) >= 11 is 2.29. The molecular formula is C20H15IN2O2. The molecule has 1 aromatic heterocycles. The van der Waals surface area contributed by atoms with Crippen LogP contribution in [-0.4, -0.2) is 15.6 Å². The molecule has 0 bridgehead atoms. The van der Waals surface area contributed by atoms with E-state index in [9.17, 15) is 9.90 Å². The first kappa shape index (κ1) is 16.0. The van der Waals surface area contributed by atoms with Gasteiger partial charge in [-0.25, -0.2) is 0 Å². The first-order chi connectivity index (χ1) is 12.1. The summed E-state index contributed by atoms with van der Waals surface area (Å²) < 4.78 is 3.28. The molecule has 1 heterocycles. The van der Waals surface area contributed by atoms with Gasteiger partial charge in [-0.2, -0.15) is 0 Å². The second kappa shape index (κ2) is 6.07. The Kier molecular flexibility index (Phi) is 3.88. The van der Waals surface area contributed by atoms with Gasteiger partial charge in [0.05, 0.1) is 16.4 Å². The number of aromatic nitrogens is 1. The van der Waals surface area contributed by atoms with E-state index in [1.54, 1.807) is 12.1 Å². The maximum absolute atomic E-state index is 11.9. The zero-order valence-corrected chi connectivity index (χ0v) is 15.4. The van der Waals surface area contributed by atoms with Crippen LogP contribution in [0.25, 0.3) is 21.8 Å². The molecular weight excluding hydrogens is 427 g/mol. The Balaban J connectivity index is 2.08. The van der Waals surface area contributed by atoms with Gasteiger partial charge in [-0.3, -0.25) is 4.79 Å². The molecule has 0 aliphatic carbocycles. The molecule has 4 nitrogen and oxygen atoms in total. The van der Waals surface area contributed by atoms with E-state index >= 15 is 0 Å². The summed E-state index contributed by atoms with van der Waals surface area (Å²) in [6.07, 6.45) is 0. The molecule has 0 atom stereocenters. The van der Waals surface area contributed by atoms with Crippen molar-refractivity contribution in [2.75, 3.05) is 0 Å². The number of phenols is 1. The van der Waals surface area contributed by atoms with Gasteiger partial charge in [-0.1, -0.05) is 24.3 Å². The average molecular weight is 442 g/mol. The molecule has 0 saturated carbocycles. The highest BCUT2D eigenvalue weighted by atomic mass is 127. The Morgan fingerprint density at radius 2 is 1.68 bits per heavy atom. The number of halogens is 1. The summed E-state index contributed by atoms with van der Waals surface area (Å²) in [7, 11) is 0. The second-order valence-corrected chi connectivity index (χ2v) is 7.20. The number of amides is 1. The quantitative estimate of drug-likeness (QED) is 0.466. The number of aromatic hydroxyl groups is 1. The van der Waals surface area contributed by atoms with Gasteiger partial charge in [-0.05, 0) is 64.6 Å². The summed E-state index contributed by atoms with van der Waals surface area (Å²) in [6, 6.07) is 19.1. The number of fused-ring (bicyclic) bond motifs is 3. The van der Waals surface area contributed by atoms with Crippen LogP contribution in [0.4, 0.5) is 0 Å². The molecule has 1 amide bonds. The zero-order chi connectivity index (χ0) is 17.6. The van der Waals surface area contributed by atoms with E-state index in [-0.39, 0.29) is 5.75 Å². The lowest BCUT2D eigenvalue weighted by Gasteiger charge is -2.08. The summed E-state index contributed by atoms with van der Waals surface area (Å²) in [5.41, 5.74) is 8.90. The van der Waals surface area contributed by atoms with E-state index in [1.807, 2.05) is 36.4 Å². The molecule has 124 valence electrons. The largest absolute Gasteiger partial charge is 0.507 e. The van der Waals surface area contributed by atoms with E-state index in [4.69, 9.17) is 5.73 Å². The molecule has 0 spiro atoms. The Hall–Kier alpha value is -2.54. The molecule has 4 aromatic rings. The number of hydrogen-bond donors (Lipinski definition) is 2. The second-order valence-electron chi connectivity index (χ2n) is 5.95. The molecule has 4 rings (SSSR count). The van der Waals surface area contributed by atoms with Crippen LogP contribution in [-0.2, 0) is 6.54 Å². The van der Waals surface area contributed by atoms with Crippen LogP contribution in [0.2, 0.25) is 0 Å². The molecule has 3 N–H and O–H groups in total. The van der Waals surface area contributed by atoms with Gasteiger partial charge in [0.2, 0.25) is 5.91 Å². The van der Waals surface area contributed by atoms with E-state index < -0.39 is 5.91 Å². The van der Waals surface area contributed by atoms with Crippen molar-refractivity contribution in [2.24, 2.45) is 5.73 Å². The van der Waals surface area contributed by atoms with Crippen LogP contribution in [0.15, 0.2) is 60.7 Å². The Morgan fingerprint density at radius 1 is 1.00 bits per heavy atom. The minimum Gasteiger partial charge on any atom is -0.507 e. The number of hydrogen-bond acceptors (Lipinski definition) is 2. The fourth-order valence-electron chi connectivity index (χ4n) is 3.36. The first-order valence-electron chi connectivity index (χ1n) is 7.83. The SMILES string of the molecule is NC(=O)c1cccc2c1c1c(O)cccc1n2Cc1cccc(I)c1. The van der Waals surface area contributed by atoms with Crippen LogP contribution in [0, 0.1) is 3.57 Å². The number of primary amides is 1. The lowest BCUT2D eigenvalue weighted by atomic mass is 10.1. The Bertz CT molecular complexity index is 1130. The molecule has 0 aliphatic rings. The van der Waals surface area contributed by atoms with Gasteiger partial charge in [-0.15, -0.1) is 0 Å². The first-order valence-corrected chi connectivity index (χ1v) is 8.91. The van der Waals surface area contributed by atoms with Crippen molar-refractivity contribution in [1.29, 1.82) is 0 Å². The highest BCUT2D eigenvalue weighted by molar-refractivity contribution is 14.1. The minimum absolute atomic E-state index is 0.151. The van der Waals surface area contributed by atoms with Crippen molar-refractivity contribution in [2.45, 2.75) is 6.54 Å². The third-order valence-electron chi connectivity index (χ3n) is 4.39. The van der Waals surface area contributed by atoms with Crippen molar-refractivity contribution in [3.8, 4) is 5.75 Å². The van der Waals surface area contributed by atoms with E-state index in [1.165, 1.54) is 0 Å². The standard InChI is InChI=1S/C20H15IN2O2/c21-13-5-1-4-12(10-13)11-23-15-7-2-6-14(20(22)25)18(15)19-16(23)8-3-9-17(19)24/h1-10,24H,11H2,(H2,22,25). The monoisotopic (exact) mass is 442 g/mol. The number of benzene rings is 3. The molecule has 0 radical (unpaired) electrons. The van der Waals surface area contributed by atoms with E-state index in [2.05, 4.69) is 39.3 Å². The van der Waals surface area contributed by atoms with Crippen molar-refractivity contribution in [3.63, 3.8) is 0 Å². The number of phenolic OH excluding ortho intramolecular Hbond substituents is 1. The zero-order valence-electron chi connectivity index (χ0n) is 13.2. The maximum atomic E-state index is 11.9. The average Bonchev–Trinajstić information content (AvgIpc) is 2.90. The van der Waals surface area contributed by atoms with Crippen molar-refractivity contribution in [3.05, 3.63) is 75.4 Å². The van der Waals surface area contributed by atoms with Gasteiger partial charge >= 0.3 is 0 Å². The van der Waals surface area contributed by atoms with Crippen LogP contribution in [0.5, 0.6) is 5.75 Å². The van der Waals surface area contributed by atoms with Gasteiger partial charge in [0, 0.05) is 21.1 Å². The number of rotatable bonds is 3. The predicted molar refractivity (Wildman–Crippen MR) is 108 cm³/mol. The van der Waals surface area contributed by atoms with E-state index in [0.29, 0.717) is 22.9 Å². The minimum atomic E-state index is -0.498. The molecule has 3 aromatic carbocycles. The smallest absolute Gasteiger partial charge is 0.249 e. The summed E-state index contributed by atoms with van der Waals surface area (Å²) in [5, 5.41) is 11.8. The Labute approximate surface area is 158 Å². The van der Waals surface area contributed by atoms with Crippen LogP contribution in [0.3, 0.4) is 0 Å². The molecule has 0 fully saturated rings. The summed E-state index contributed by atoms with van der Waals surface area (Å²) in [5.74, 6) is -0.347. The number of carbonyl (C=O) groups is 1. The molecule has 5 heteroatoms. The normalized spacial score (nSPS) is 11.2. The fourth-order valence-corrected chi connectivity index (χ4v) is 3.97. The topological polar surface area (TPSA) is 68.2 Å². The third-order valence-corrected chi connectivity index (χ3v) is 5.06. The lowest BCUT2D eigenvalue weighted by molar-refractivity contribution is 0.100. The third kappa shape index (κ3) is 2.64. The molecule has 0 unspecified atom stereocenters. The van der Waals surface area contributed by atoms with Crippen LogP contribution < -0.4 is 5.73 Å². The van der Waals surface area contributed by atoms with Gasteiger partial charge in [0.15, 0.2) is 0 Å². The van der Waals surface area contributed by atoms with Crippen molar-refractivity contribution < 1.29 is 9.90 Å². The van der Waals surface area contributed by atoms with Gasteiger partial charge in [0.25, 0.3) is 0 Å². The highest BCUT2D eigenvalue weighted by Gasteiger charge is 2.18. The van der Waals surface area contributed by atoms with Gasteiger partial charge in [0.1, 0.15) is 5.75 Å². The number of carbonyl (C=O) groups excluding carboxylic acids is 1. The predicted octanol–water partition coefficient (Wildman–Crippen LogP) is 4.25. The van der Waals surface area contributed by atoms with Crippen molar-refractivity contribution >= 4 is 50.3 Å². The fraction of sp³-hybridized carbons (Fsp3) is 0.0500. The maximum Gasteiger partial charge on any atom is 0.249 e. The highest BCUT2D eigenvalue weighted by Crippen LogP contribution is 2.37. The Morgan fingerprint density at radius 3 is 2.40 bits per heavy atom. The van der Waals surface area contributed by atoms with Crippen molar-refractivity contribution in [1.82, 2.24) is 4.57 Å². The van der Waals surface area contributed by atoms with Crippen LogP contribution >= 0.6 is 22.6 Å². The van der Waals surface area contributed by atoms with Crippen LogP contribution in [0.1, 0.15) is 15.9 Å². The number of nitrogens with two attached hydrogens (primary N) is 1. The molecule has 0 aliphatic heterocycles. The molecule has 0 saturated heterocycles. The molecule has 25 heavy (non-hydrogen) atoms. The van der Waals surface area contributed by atoms with E-state index in [0.717, 1.165) is 20.2 Å². The van der Waals surface area contributed by atoms with Gasteiger partial charge < -0.3 is 15.4 Å². The number of nitrogens with zero attached hydrogens (tertiary/aromatic N) is 1.